The van der Waals surface area contributed by atoms with Crippen LogP contribution in [0.15, 0.2) is 21.5 Å². The number of hydrogen-bond donors (Lipinski definition) is 2. The number of halogens is 1. The second-order valence-corrected chi connectivity index (χ2v) is 7.93. The summed E-state index contributed by atoms with van der Waals surface area (Å²) < 4.78 is 33.7. The number of aliphatic hydroxyl groups excluding tert-OH is 1. The third-order valence-electron chi connectivity index (χ3n) is 3.90. The third-order valence-corrected chi connectivity index (χ3v) is 6.27. The van der Waals surface area contributed by atoms with E-state index in [2.05, 4.69) is 20.7 Å². The molecule has 1 aliphatic rings. The van der Waals surface area contributed by atoms with Crippen molar-refractivity contribution in [2.45, 2.75) is 37.9 Å². The van der Waals surface area contributed by atoms with E-state index in [0.717, 1.165) is 6.42 Å². The summed E-state index contributed by atoms with van der Waals surface area (Å²) in [4.78, 5) is 0.201. The molecular formula is C14H20BrNO4S. The van der Waals surface area contributed by atoms with E-state index >= 15 is 0 Å². The summed E-state index contributed by atoms with van der Waals surface area (Å²) >= 11 is 3.33. The Bertz CT molecular complexity index is 618. The maximum atomic E-state index is 12.5. The van der Waals surface area contributed by atoms with Crippen molar-refractivity contribution in [2.24, 2.45) is 5.92 Å². The Balaban J connectivity index is 2.21. The van der Waals surface area contributed by atoms with Crippen LogP contribution in [0.5, 0.6) is 0 Å². The van der Waals surface area contributed by atoms with Crippen LogP contribution in [0.3, 0.4) is 0 Å². The predicted octanol–water partition coefficient (Wildman–Crippen LogP) is 1.95. The van der Waals surface area contributed by atoms with Gasteiger partial charge in [-0.25, -0.2) is 13.1 Å². The summed E-state index contributed by atoms with van der Waals surface area (Å²) in [5, 5.41) is 9.23. The van der Waals surface area contributed by atoms with Crippen molar-refractivity contribution in [1.29, 1.82) is 0 Å². The van der Waals surface area contributed by atoms with E-state index in [1.807, 2.05) is 6.92 Å². The molecule has 0 bridgehead atoms. The first-order valence-corrected chi connectivity index (χ1v) is 9.14. The van der Waals surface area contributed by atoms with Crippen LogP contribution >= 0.6 is 15.9 Å². The number of sulfonamides is 1. The van der Waals surface area contributed by atoms with Gasteiger partial charge >= 0.3 is 0 Å². The van der Waals surface area contributed by atoms with Crippen molar-refractivity contribution in [1.82, 2.24) is 4.72 Å². The number of hydrogen-bond acceptors (Lipinski definition) is 4. The molecule has 5 nitrogen and oxygen atoms in total. The van der Waals surface area contributed by atoms with Crippen LogP contribution in [0.4, 0.5) is 0 Å². The molecule has 2 N–H and O–H groups in total. The van der Waals surface area contributed by atoms with Gasteiger partial charge in [-0.1, -0.05) is 15.9 Å². The zero-order valence-corrected chi connectivity index (χ0v) is 14.5. The molecule has 0 aliphatic carbocycles. The molecule has 1 fully saturated rings. The summed E-state index contributed by atoms with van der Waals surface area (Å²) in [6.45, 7) is 4.54. The number of ether oxygens (including phenoxy) is 1. The van der Waals surface area contributed by atoms with Gasteiger partial charge in [0.2, 0.25) is 10.0 Å². The third kappa shape index (κ3) is 3.84. The highest BCUT2D eigenvalue weighted by atomic mass is 79.9. The molecule has 1 aromatic carbocycles. The Kier molecular flexibility index (Phi) is 5.43. The number of benzene rings is 1. The fourth-order valence-electron chi connectivity index (χ4n) is 2.42. The lowest BCUT2D eigenvalue weighted by molar-refractivity contribution is 0.107. The van der Waals surface area contributed by atoms with E-state index in [9.17, 15) is 13.5 Å². The van der Waals surface area contributed by atoms with Gasteiger partial charge in [0.05, 0.1) is 17.6 Å². The van der Waals surface area contributed by atoms with Crippen LogP contribution in [0.25, 0.3) is 0 Å². The van der Waals surface area contributed by atoms with Gasteiger partial charge in [-0.15, -0.1) is 0 Å². The topological polar surface area (TPSA) is 75.6 Å². The molecule has 1 aromatic rings. The normalized spacial score (nSPS) is 22.7. The lowest BCUT2D eigenvalue weighted by atomic mass is 10.0. The minimum atomic E-state index is -3.60. The first kappa shape index (κ1) is 16.9. The Morgan fingerprint density at radius 1 is 1.48 bits per heavy atom. The number of nitrogens with one attached hydrogen (secondary N) is 1. The molecule has 1 heterocycles. The Morgan fingerprint density at radius 2 is 2.19 bits per heavy atom. The lowest BCUT2D eigenvalue weighted by Crippen LogP contribution is -2.32. The summed E-state index contributed by atoms with van der Waals surface area (Å²) in [5.74, 6) is 0.199. The van der Waals surface area contributed by atoms with Crippen molar-refractivity contribution in [3.63, 3.8) is 0 Å². The minimum Gasteiger partial charge on any atom is -0.392 e. The van der Waals surface area contributed by atoms with E-state index in [4.69, 9.17) is 4.74 Å². The molecule has 7 heteroatoms. The summed E-state index contributed by atoms with van der Waals surface area (Å²) in [6.07, 6.45) is 0.938. The zero-order chi connectivity index (χ0) is 15.6. The van der Waals surface area contributed by atoms with Gasteiger partial charge in [0.15, 0.2) is 0 Å². The van der Waals surface area contributed by atoms with Gasteiger partial charge in [0, 0.05) is 23.5 Å². The van der Waals surface area contributed by atoms with Crippen molar-refractivity contribution < 1.29 is 18.3 Å². The molecule has 2 unspecified atom stereocenters. The van der Waals surface area contributed by atoms with Crippen molar-refractivity contribution in [3.05, 3.63) is 27.7 Å². The molecule has 2 atom stereocenters. The van der Waals surface area contributed by atoms with E-state index in [0.29, 0.717) is 28.8 Å². The maximum Gasteiger partial charge on any atom is 0.240 e. The highest BCUT2D eigenvalue weighted by molar-refractivity contribution is 9.10. The summed E-state index contributed by atoms with van der Waals surface area (Å²) in [5.41, 5.74) is 1.20. The minimum absolute atomic E-state index is 0.0734. The van der Waals surface area contributed by atoms with Crippen molar-refractivity contribution in [3.8, 4) is 0 Å². The molecule has 0 saturated carbocycles. The first-order chi connectivity index (χ1) is 9.85. The molecule has 0 amide bonds. The molecule has 0 aromatic heterocycles. The molecule has 1 saturated heterocycles. The van der Waals surface area contributed by atoms with Crippen LogP contribution in [-0.4, -0.2) is 32.8 Å². The summed E-state index contributed by atoms with van der Waals surface area (Å²) in [6, 6.07) is 3.23. The second kappa shape index (κ2) is 6.75. The highest BCUT2D eigenvalue weighted by Gasteiger charge is 2.27. The van der Waals surface area contributed by atoms with Crippen molar-refractivity contribution >= 4 is 26.0 Å². The molecule has 0 radical (unpaired) electrons. The predicted molar refractivity (Wildman–Crippen MR) is 83.5 cm³/mol. The Morgan fingerprint density at radius 3 is 2.76 bits per heavy atom. The zero-order valence-electron chi connectivity index (χ0n) is 12.1. The lowest BCUT2D eigenvalue weighted by Gasteiger charge is -2.16. The van der Waals surface area contributed by atoms with Gasteiger partial charge in [-0.05, 0) is 43.5 Å². The van der Waals surface area contributed by atoms with E-state index < -0.39 is 10.0 Å². The van der Waals surface area contributed by atoms with E-state index in [-0.39, 0.29) is 23.5 Å². The molecular weight excluding hydrogens is 358 g/mol. The molecule has 1 aliphatic heterocycles. The molecule has 21 heavy (non-hydrogen) atoms. The maximum absolute atomic E-state index is 12.5. The average molecular weight is 378 g/mol. The smallest absolute Gasteiger partial charge is 0.240 e. The van der Waals surface area contributed by atoms with Gasteiger partial charge in [0.25, 0.3) is 0 Å². The van der Waals surface area contributed by atoms with Crippen LogP contribution in [-0.2, 0) is 21.4 Å². The van der Waals surface area contributed by atoms with Crippen LogP contribution in [0.1, 0.15) is 24.5 Å². The number of rotatable bonds is 5. The fraction of sp³-hybridized carbons (Fsp3) is 0.571. The Hall–Kier alpha value is -0.470. The largest absolute Gasteiger partial charge is 0.392 e. The molecule has 2 rings (SSSR count). The summed E-state index contributed by atoms with van der Waals surface area (Å²) in [7, 11) is -3.60. The van der Waals surface area contributed by atoms with Gasteiger partial charge in [-0.3, -0.25) is 0 Å². The van der Waals surface area contributed by atoms with Gasteiger partial charge in [0.1, 0.15) is 0 Å². The average Bonchev–Trinajstić information content (AvgIpc) is 2.84. The standard InChI is InChI=1S/C14H20BrNO4S/c1-9-13(15)5-11(8-17)6-14(9)21(18,19)16-7-12-3-4-20-10(12)2/h5-6,10,12,16-17H,3-4,7-8H2,1-2H3. The highest BCUT2D eigenvalue weighted by Crippen LogP contribution is 2.26. The monoisotopic (exact) mass is 377 g/mol. The van der Waals surface area contributed by atoms with Crippen LogP contribution in [0, 0.1) is 12.8 Å². The molecule has 118 valence electrons. The first-order valence-electron chi connectivity index (χ1n) is 6.86. The fourth-order valence-corrected chi connectivity index (χ4v) is 4.46. The SMILES string of the molecule is Cc1c(Br)cc(CO)cc1S(=O)(=O)NCC1CCOC1C. The van der Waals surface area contributed by atoms with Gasteiger partial charge < -0.3 is 9.84 Å². The quantitative estimate of drug-likeness (QED) is 0.821. The van der Waals surface area contributed by atoms with E-state index in [1.165, 1.54) is 6.07 Å². The van der Waals surface area contributed by atoms with Crippen LogP contribution in [0.2, 0.25) is 0 Å². The van der Waals surface area contributed by atoms with E-state index in [1.54, 1.807) is 13.0 Å². The Labute approximate surface area is 133 Å². The molecule has 0 spiro atoms. The second-order valence-electron chi connectivity index (χ2n) is 5.34. The van der Waals surface area contributed by atoms with Crippen LogP contribution < -0.4 is 4.72 Å². The van der Waals surface area contributed by atoms with Gasteiger partial charge in [-0.2, -0.15) is 0 Å². The number of aliphatic hydroxyl groups is 1. The van der Waals surface area contributed by atoms with Crippen molar-refractivity contribution in [2.75, 3.05) is 13.2 Å².